The Balaban J connectivity index is 2.05. The summed E-state index contributed by atoms with van der Waals surface area (Å²) in [4.78, 5) is 26.2. The number of hydrogen-bond acceptors (Lipinski definition) is 6. The third-order valence-corrected chi connectivity index (χ3v) is 5.88. The lowest BCUT2D eigenvalue weighted by molar-refractivity contribution is -0.141. The number of ether oxygens (including phenoxy) is 1. The van der Waals surface area contributed by atoms with E-state index in [0.29, 0.717) is 18.5 Å². The number of esters is 1. The van der Waals surface area contributed by atoms with Crippen LogP contribution in [0.5, 0.6) is 0 Å². The van der Waals surface area contributed by atoms with Gasteiger partial charge >= 0.3 is 5.97 Å². The summed E-state index contributed by atoms with van der Waals surface area (Å²) >= 11 is 0. The van der Waals surface area contributed by atoms with Crippen molar-refractivity contribution in [3.63, 3.8) is 0 Å². The van der Waals surface area contributed by atoms with Gasteiger partial charge in [-0.05, 0) is 38.5 Å². The van der Waals surface area contributed by atoms with Gasteiger partial charge in [-0.15, -0.1) is 0 Å². The maximum absolute atomic E-state index is 12.6. The minimum absolute atomic E-state index is 0.0581. The summed E-state index contributed by atoms with van der Waals surface area (Å²) in [6, 6.07) is 7.56. The highest BCUT2D eigenvalue weighted by atomic mass is 32.2. The summed E-state index contributed by atoms with van der Waals surface area (Å²) in [7, 11) is -3.12. The molecule has 134 valence electrons. The van der Waals surface area contributed by atoms with Crippen molar-refractivity contribution in [2.75, 3.05) is 18.1 Å². The van der Waals surface area contributed by atoms with Crippen molar-refractivity contribution in [1.82, 2.24) is 4.90 Å². The average Bonchev–Trinajstić information content (AvgIpc) is 2.95. The molecule has 1 aliphatic rings. The predicted octanol–water partition coefficient (Wildman–Crippen LogP) is 1.14. The lowest BCUT2D eigenvalue weighted by Gasteiger charge is -2.29. The van der Waals surface area contributed by atoms with Crippen LogP contribution in [0.4, 0.5) is 0 Å². The third kappa shape index (κ3) is 4.57. The molecule has 1 fully saturated rings. The fourth-order valence-corrected chi connectivity index (χ4v) is 4.57. The zero-order valence-corrected chi connectivity index (χ0v) is 15.0. The molecule has 0 bridgehead atoms. The van der Waals surface area contributed by atoms with Gasteiger partial charge in [-0.1, -0.05) is 6.07 Å². The van der Waals surface area contributed by atoms with Crippen LogP contribution >= 0.6 is 0 Å². The molecule has 1 heterocycles. The van der Waals surface area contributed by atoms with Gasteiger partial charge in [0.1, 0.15) is 0 Å². The van der Waals surface area contributed by atoms with Crippen LogP contribution < -0.4 is 0 Å². The lowest BCUT2D eigenvalue weighted by Crippen LogP contribution is -2.46. The Morgan fingerprint density at radius 3 is 2.72 bits per heavy atom. The van der Waals surface area contributed by atoms with E-state index in [9.17, 15) is 18.0 Å². The highest BCUT2D eigenvalue weighted by Crippen LogP contribution is 2.19. The molecule has 1 aromatic rings. The smallest absolute Gasteiger partial charge is 0.338 e. The molecular weight excluding hydrogens is 344 g/mol. The fourth-order valence-electron chi connectivity index (χ4n) is 2.84. The molecule has 7 nitrogen and oxygen atoms in total. The summed E-state index contributed by atoms with van der Waals surface area (Å²) in [5, 5.41) is 8.87. The Morgan fingerprint density at radius 1 is 1.44 bits per heavy atom. The molecule has 2 rings (SSSR count). The Labute approximate surface area is 147 Å². The van der Waals surface area contributed by atoms with Crippen LogP contribution in [-0.4, -0.2) is 55.4 Å². The maximum atomic E-state index is 12.6. The van der Waals surface area contributed by atoms with E-state index in [-0.39, 0.29) is 23.1 Å². The second-order valence-corrected chi connectivity index (χ2v) is 8.15. The van der Waals surface area contributed by atoms with Gasteiger partial charge in [0, 0.05) is 12.6 Å². The quantitative estimate of drug-likeness (QED) is 0.726. The molecule has 0 spiro atoms. The van der Waals surface area contributed by atoms with Gasteiger partial charge in [0.05, 0.1) is 28.7 Å². The van der Waals surface area contributed by atoms with Crippen LogP contribution in [0.25, 0.3) is 0 Å². The van der Waals surface area contributed by atoms with Crippen LogP contribution in [0.3, 0.4) is 0 Å². The largest absolute Gasteiger partial charge is 0.449 e. The maximum Gasteiger partial charge on any atom is 0.338 e. The lowest BCUT2D eigenvalue weighted by atomic mass is 10.1. The number of sulfone groups is 1. The second-order valence-electron chi connectivity index (χ2n) is 5.92. The van der Waals surface area contributed by atoms with Crippen molar-refractivity contribution in [1.29, 1.82) is 5.26 Å². The van der Waals surface area contributed by atoms with Gasteiger partial charge < -0.3 is 9.64 Å². The second kappa shape index (κ2) is 7.66. The topological polar surface area (TPSA) is 105 Å². The minimum atomic E-state index is -3.12. The highest BCUT2D eigenvalue weighted by molar-refractivity contribution is 7.91. The van der Waals surface area contributed by atoms with E-state index in [0.717, 1.165) is 0 Å². The van der Waals surface area contributed by atoms with E-state index < -0.39 is 27.8 Å². The summed E-state index contributed by atoms with van der Waals surface area (Å²) < 4.78 is 28.5. The molecule has 0 radical (unpaired) electrons. The zero-order valence-electron chi connectivity index (χ0n) is 14.1. The molecule has 25 heavy (non-hydrogen) atoms. The fraction of sp³-hybridized carbons (Fsp3) is 0.471. The SMILES string of the molecule is CCN(C(=O)[C@H](C)OC(=O)c1cccc(C#N)c1)[C@H]1CCS(=O)(=O)C1. The van der Waals surface area contributed by atoms with E-state index in [1.807, 2.05) is 6.07 Å². The number of nitrogens with zero attached hydrogens (tertiary/aromatic N) is 2. The normalized spacial score (nSPS) is 19.6. The Bertz CT molecular complexity index is 813. The van der Waals surface area contributed by atoms with Crippen molar-refractivity contribution >= 4 is 21.7 Å². The first-order valence-corrected chi connectivity index (χ1v) is 9.81. The summed E-state index contributed by atoms with van der Waals surface area (Å²) in [6.07, 6.45) is -0.645. The first-order chi connectivity index (χ1) is 11.8. The number of hydrogen-bond donors (Lipinski definition) is 0. The van der Waals surface area contributed by atoms with E-state index in [4.69, 9.17) is 10.00 Å². The standard InChI is InChI=1S/C17H20N2O5S/c1-3-19(15-7-8-25(22,23)11-15)16(20)12(2)24-17(21)14-6-4-5-13(9-14)10-18/h4-6,9,12,15H,3,7-8,11H2,1-2H3/t12-,15-/m0/s1. The first-order valence-electron chi connectivity index (χ1n) is 7.99. The monoisotopic (exact) mass is 364 g/mol. The number of rotatable bonds is 5. The van der Waals surface area contributed by atoms with Crippen LogP contribution in [-0.2, 0) is 19.4 Å². The van der Waals surface area contributed by atoms with Crippen molar-refractivity contribution in [3.8, 4) is 6.07 Å². The number of nitriles is 1. The molecule has 0 aliphatic carbocycles. The van der Waals surface area contributed by atoms with Crippen LogP contribution in [0.15, 0.2) is 24.3 Å². The molecule has 0 saturated carbocycles. The van der Waals surface area contributed by atoms with E-state index >= 15 is 0 Å². The average molecular weight is 364 g/mol. The van der Waals surface area contributed by atoms with Gasteiger partial charge in [0.25, 0.3) is 5.91 Å². The Hall–Kier alpha value is -2.40. The van der Waals surface area contributed by atoms with Crippen LogP contribution in [0, 0.1) is 11.3 Å². The summed E-state index contributed by atoms with van der Waals surface area (Å²) in [5.74, 6) is -1.11. The van der Waals surface area contributed by atoms with Crippen molar-refractivity contribution in [2.45, 2.75) is 32.4 Å². The Kier molecular flexibility index (Phi) is 5.80. The van der Waals surface area contributed by atoms with E-state index in [1.54, 1.807) is 19.1 Å². The molecule has 8 heteroatoms. The molecule has 0 N–H and O–H groups in total. The number of benzene rings is 1. The summed E-state index contributed by atoms with van der Waals surface area (Å²) in [6.45, 7) is 3.55. The zero-order chi connectivity index (χ0) is 18.6. The first kappa shape index (κ1) is 18.9. The van der Waals surface area contributed by atoms with E-state index in [2.05, 4.69) is 0 Å². The van der Waals surface area contributed by atoms with Gasteiger partial charge in [-0.3, -0.25) is 4.79 Å². The summed E-state index contributed by atoms with van der Waals surface area (Å²) in [5.41, 5.74) is 0.505. The van der Waals surface area contributed by atoms with Crippen LogP contribution in [0.2, 0.25) is 0 Å². The number of carbonyl (C=O) groups excluding carboxylic acids is 2. The van der Waals surface area contributed by atoms with Crippen LogP contribution in [0.1, 0.15) is 36.2 Å². The molecule has 1 aliphatic heterocycles. The van der Waals surface area contributed by atoms with Gasteiger partial charge in [-0.2, -0.15) is 5.26 Å². The predicted molar refractivity (Wildman–Crippen MR) is 90.5 cm³/mol. The molecule has 1 saturated heterocycles. The Morgan fingerprint density at radius 2 is 2.16 bits per heavy atom. The highest BCUT2D eigenvalue weighted by Gasteiger charge is 2.36. The van der Waals surface area contributed by atoms with Gasteiger partial charge in [0.2, 0.25) is 0 Å². The van der Waals surface area contributed by atoms with Gasteiger partial charge in [0.15, 0.2) is 15.9 Å². The van der Waals surface area contributed by atoms with Gasteiger partial charge in [-0.25, -0.2) is 13.2 Å². The third-order valence-electron chi connectivity index (χ3n) is 4.13. The number of carbonyl (C=O) groups is 2. The molecule has 1 amide bonds. The van der Waals surface area contributed by atoms with Crippen molar-refractivity contribution in [3.05, 3.63) is 35.4 Å². The molecule has 2 atom stereocenters. The number of likely N-dealkylation sites (N-methyl/N-ethyl adjacent to an activating group) is 1. The minimum Gasteiger partial charge on any atom is -0.449 e. The molecular formula is C17H20N2O5S. The molecule has 0 unspecified atom stereocenters. The van der Waals surface area contributed by atoms with E-state index in [1.165, 1.54) is 24.0 Å². The molecule has 1 aromatic carbocycles. The van der Waals surface area contributed by atoms with Crippen molar-refractivity contribution < 1.29 is 22.7 Å². The number of amides is 1. The molecule has 0 aromatic heterocycles. The van der Waals surface area contributed by atoms with Crippen molar-refractivity contribution in [2.24, 2.45) is 0 Å².